The number of aliphatic hydroxyl groups is 2. The van der Waals surface area contributed by atoms with Crippen LogP contribution in [-0.2, 0) is 18.4 Å². The van der Waals surface area contributed by atoms with Crippen molar-refractivity contribution in [3.8, 4) is 0 Å². The van der Waals surface area contributed by atoms with Crippen molar-refractivity contribution in [2.24, 2.45) is 0 Å². The molecule has 0 aromatic heterocycles. The Labute approximate surface area is 259 Å². The number of ketones is 1. The van der Waals surface area contributed by atoms with Crippen LogP contribution in [0.1, 0.15) is 155 Å². The highest BCUT2D eigenvalue weighted by atomic mass is 31.2. The van der Waals surface area contributed by atoms with E-state index in [2.05, 4.69) is 6.92 Å². The summed E-state index contributed by atoms with van der Waals surface area (Å²) in [4.78, 5) is 22.8. The molecule has 0 spiro atoms. The van der Waals surface area contributed by atoms with Crippen LogP contribution in [0, 0.1) is 0 Å². The van der Waals surface area contributed by atoms with E-state index < -0.39 is 33.2 Å². The lowest BCUT2D eigenvalue weighted by atomic mass is 10.0. The number of rotatable bonds is 32. The van der Waals surface area contributed by atoms with Crippen LogP contribution in [-0.4, -0.2) is 78.5 Å². The van der Waals surface area contributed by atoms with Gasteiger partial charge >= 0.3 is 7.82 Å². The van der Waals surface area contributed by atoms with Gasteiger partial charge in [-0.2, -0.15) is 0 Å². The Kier molecular flexibility index (Phi) is 26.8. The average molecular weight is 623 g/mol. The van der Waals surface area contributed by atoms with Crippen LogP contribution in [0.25, 0.3) is 0 Å². The molecule has 3 unspecified atom stereocenters. The van der Waals surface area contributed by atoms with Crippen molar-refractivity contribution in [1.82, 2.24) is 0 Å². The molecule has 0 aliphatic carbocycles. The number of hydrogen-bond donors (Lipinski definition) is 3. The van der Waals surface area contributed by atoms with Crippen LogP contribution >= 0.6 is 7.82 Å². The third-order valence-electron chi connectivity index (χ3n) is 7.75. The van der Waals surface area contributed by atoms with E-state index in [1.54, 1.807) is 0 Å². The van der Waals surface area contributed by atoms with Gasteiger partial charge in [0.1, 0.15) is 12.6 Å². The molecule has 0 rings (SSSR count). The van der Waals surface area contributed by atoms with Crippen molar-refractivity contribution in [2.45, 2.75) is 167 Å². The predicted molar refractivity (Wildman–Crippen MR) is 174 cm³/mol. The first-order valence-electron chi connectivity index (χ1n) is 17.3. The first-order valence-corrected chi connectivity index (χ1v) is 18.8. The highest BCUT2D eigenvalue weighted by Gasteiger charge is 2.34. The van der Waals surface area contributed by atoms with Crippen LogP contribution in [0.5, 0.6) is 0 Å². The number of phosphoric ester groups is 1. The number of phosphoric acid groups is 1. The summed E-state index contributed by atoms with van der Waals surface area (Å²) in [6.07, 6.45) is 26.8. The van der Waals surface area contributed by atoms with E-state index in [1.165, 1.54) is 122 Å². The van der Waals surface area contributed by atoms with Crippen LogP contribution in [0.2, 0.25) is 0 Å². The van der Waals surface area contributed by atoms with Gasteiger partial charge in [-0.1, -0.05) is 142 Å². The quantitative estimate of drug-likeness (QED) is 0.0395. The second-order valence-corrected chi connectivity index (χ2v) is 14.7. The summed E-state index contributed by atoms with van der Waals surface area (Å²) in [5.74, 6) is -0.211. The number of aliphatic hydroxyl groups excluding tert-OH is 2. The molecular formula is C33H69NO7P+. The Morgan fingerprint density at radius 1 is 0.690 bits per heavy atom. The molecule has 0 amide bonds. The smallest absolute Gasteiger partial charge is 0.394 e. The molecule has 8 nitrogen and oxygen atoms in total. The van der Waals surface area contributed by atoms with Gasteiger partial charge in [0.15, 0.2) is 11.9 Å². The molecule has 0 bridgehead atoms. The topological polar surface area (TPSA) is 113 Å². The second kappa shape index (κ2) is 27.0. The fraction of sp³-hybridized carbons (Fsp3) is 0.970. The number of hydrogen-bond acceptors (Lipinski definition) is 6. The Balaban J connectivity index is 3.76. The van der Waals surface area contributed by atoms with Crippen molar-refractivity contribution in [2.75, 3.05) is 40.9 Å². The molecule has 3 N–H and O–H groups in total. The molecule has 3 atom stereocenters. The fourth-order valence-electron chi connectivity index (χ4n) is 5.18. The Bertz CT molecular complexity index is 671. The largest absolute Gasteiger partial charge is 0.473 e. The molecule has 0 aliphatic heterocycles. The van der Waals surface area contributed by atoms with E-state index in [-0.39, 0.29) is 12.3 Å². The van der Waals surface area contributed by atoms with Gasteiger partial charge in [0.05, 0.1) is 34.4 Å². The van der Waals surface area contributed by atoms with Gasteiger partial charge in [-0.3, -0.25) is 13.8 Å². The molecule has 0 saturated carbocycles. The van der Waals surface area contributed by atoms with Crippen molar-refractivity contribution < 1.29 is 38.0 Å². The number of quaternary nitrogens is 1. The summed E-state index contributed by atoms with van der Waals surface area (Å²) in [6, 6.07) is 0. The summed E-state index contributed by atoms with van der Waals surface area (Å²) in [5.41, 5.74) is 0. The molecule has 0 aromatic rings. The van der Waals surface area contributed by atoms with Gasteiger partial charge in [0, 0.05) is 6.42 Å². The lowest BCUT2D eigenvalue weighted by Gasteiger charge is -2.29. The number of unbranched alkanes of at least 4 members (excludes halogenated alkanes) is 21. The summed E-state index contributed by atoms with van der Waals surface area (Å²) in [5, 5.41) is 18.2. The Morgan fingerprint density at radius 3 is 1.38 bits per heavy atom. The summed E-state index contributed by atoms with van der Waals surface area (Å²) in [7, 11) is 1.09. The van der Waals surface area contributed by atoms with Crippen molar-refractivity contribution in [3.05, 3.63) is 0 Å². The first-order chi connectivity index (χ1) is 20.0. The molecule has 0 aromatic carbocycles. The molecule has 0 heterocycles. The molecule has 0 saturated heterocycles. The number of carbonyl (C=O) groups excluding carboxylic acids is 1. The standard InChI is InChI=1S/C33H68NO7P/c1-5-6-7-8-9-10-11-12-13-14-15-16-17-18-19-20-21-22-23-24-25-26-27-32(37)33(28-34(2,3)4)41-42(38,39)40-30-31(36)29-35/h31,33,35-36H,5-30H2,1-4H3/p+1. The molecular weight excluding hydrogens is 553 g/mol. The van der Waals surface area contributed by atoms with Gasteiger partial charge in [-0.15, -0.1) is 0 Å². The zero-order valence-electron chi connectivity index (χ0n) is 27.9. The minimum Gasteiger partial charge on any atom is -0.394 e. The summed E-state index contributed by atoms with van der Waals surface area (Å²) >= 11 is 0. The number of likely N-dealkylation sites (N-methyl/N-ethyl adjacent to an activating group) is 1. The average Bonchev–Trinajstić information content (AvgIpc) is 2.93. The van der Waals surface area contributed by atoms with E-state index >= 15 is 0 Å². The van der Waals surface area contributed by atoms with Crippen molar-refractivity contribution >= 4 is 13.6 Å². The molecule has 42 heavy (non-hydrogen) atoms. The van der Waals surface area contributed by atoms with Gasteiger partial charge in [-0.25, -0.2) is 4.57 Å². The predicted octanol–water partition coefficient (Wildman–Crippen LogP) is 8.11. The first kappa shape index (κ1) is 41.7. The van der Waals surface area contributed by atoms with Gasteiger partial charge in [0.25, 0.3) is 0 Å². The van der Waals surface area contributed by atoms with Gasteiger partial charge in [0.2, 0.25) is 0 Å². The van der Waals surface area contributed by atoms with E-state index in [1.807, 2.05) is 21.1 Å². The fourth-order valence-corrected chi connectivity index (χ4v) is 6.11. The minimum absolute atomic E-state index is 0.211. The maximum atomic E-state index is 12.8. The molecule has 0 fully saturated rings. The SMILES string of the molecule is CCCCCCCCCCCCCCCCCCCCCCCCC(=O)C(C[N+](C)(C)C)OP(=O)(O)OCC(O)CO. The van der Waals surface area contributed by atoms with Crippen LogP contribution in [0.15, 0.2) is 0 Å². The Hall–Kier alpha value is -0.340. The van der Waals surface area contributed by atoms with Gasteiger partial charge < -0.3 is 19.6 Å². The third kappa shape index (κ3) is 28.4. The monoisotopic (exact) mass is 622 g/mol. The molecule has 252 valence electrons. The minimum atomic E-state index is -4.54. The zero-order valence-corrected chi connectivity index (χ0v) is 28.8. The second-order valence-electron chi connectivity index (χ2n) is 13.3. The van der Waals surface area contributed by atoms with Crippen molar-refractivity contribution in [3.63, 3.8) is 0 Å². The van der Waals surface area contributed by atoms with Crippen LogP contribution < -0.4 is 0 Å². The number of nitrogens with zero attached hydrogens (tertiary/aromatic N) is 1. The summed E-state index contributed by atoms with van der Waals surface area (Å²) in [6.45, 7) is 1.37. The lowest BCUT2D eigenvalue weighted by molar-refractivity contribution is -0.872. The van der Waals surface area contributed by atoms with Crippen LogP contribution in [0.3, 0.4) is 0 Å². The van der Waals surface area contributed by atoms with E-state index in [4.69, 9.17) is 14.2 Å². The molecule has 9 heteroatoms. The highest BCUT2D eigenvalue weighted by molar-refractivity contribution is 7.47. The van der Waals surface area contributed by atoms with E-state index in [0.717, 1.165) is 19.3 Å². The summed E-state index contributed by atoms with van der Waals surface area (Å²) < 4.78 is 22.6. The number of carbonyl (C=O) groups is 1. The molecule has 0 aliphatic rings. The van der Waals surface area contributed by atoms with E-state index in [0.29, 0.717) is 10.9 Å². The molecule has 0 radical (unpaired) electrons. The third-order valence-corrected chi connectivity index (χ3v) is 8.75. The lowest BCUT2D eigenvalue weighted by Crippen LogP contribution is -2.45. The normalized spacial score (nSPS) is 15.0. The van der Waals surface area contributed by atoms with Gasteiger partial charge in [-0.05, 0) is 6.42 Å². The van der Waals surface area contributed by atoms with Crippen molar-refractivity contribution in [1.29, 1.82) is 0 Å². The zero-order chi connectivity index (χ0) is 31.5. The highest BCUT2D eigenvalue weighted by Crippen LogP contribution is 2.45. The number of Topliss-reactive ketones (excluding diaryl/α,β-unsaturated/α-hetero) is 1. The van der Waals surface area contributed by atoms with Crippen LogP contribution in [0.4, 0.5) is 0 Å². The van der Waals surface area contributed by atoms with E-state index in [9.17, 15) is 19.4 Å². The maximum Gasteiger partial charge on any atom is 0.473 e. The maximum absolute atomic E-state index is 12.8. The Morgan fingerprint density at radius 2 is 1.05 bits per heavy atom.